The number of rotatable bonds is 9. The molecule has 43 heavy (non-hydrogen) atoms. The molecular weight excluding hydrogens is 544 g/mol. The van der Waals surface area contributed by atoms with Gasteiger partial charge in [0, 0.05) is 17.8 Å². The second kappa shape index (κ2) is 12.0. The van der Waals surface area contributed by atoms with E-state index in [1.54, 1.807) is 18.1 Å². The molecule has 4 rings (SSSR count). The molecule has 2 fully saturated rings. The Kier molecular flexibility index (Phi) is 9.38. The normalized spacial score (nSPS) is 36.7. The molecule has 0 radical (unpaired) electrons. The van der Waals surface area contributed by atoms with Crippen molar-refractivity contribution in [2.24, 2.45) is 51.2 Å². The van der Waals surface area contributed by atoms with Crippen molar-refractivity contribution in [3.05, 3.63) is 11.1 Å². The standard InChI is InChI=1S/C36H56O7/c1-21(19-27(37)22(2)23(3)32(40)42-10)24-13-17-36(8)26-11-12-28-33(4,5)29(43-31(39)20-30(38)41-9)15-16-34(28,6)25(26)14-18-35(24,36)7/h21-24,28-29H,11-20H2,1-10H3/t21-,22?,23?,24-,28+,29?,34-,35-,36+/m1/s1. The van der Waals surface area contributed by atoms with Crippen LogP contribution in [0, 0.1) is 51.2 Å². The molecule has 9 atom stereocenters. The van der Waals surface area contributed by atoms with Gasteiger partial charge in [-0.25, -0.2) is 0 Å². The number of esters is 3. The molecule has 4 aliphatic rings. The first-order valence-electron chi connectivity index (χ1n) is 16.6. The number of hydrogen-bond acceptors (Lipinski definition) is 7. The Hall–Kier alpha value is -2.18. The SMILES string of the molecule is COC(=O)CC(=O)OC1CC[C@]2(C)C3=C(CC[C@H]2C1(C)C)[C@]1(C)CC[C@H]([C@H](C)CC(=O)C(C)C(C)C(=O)OC)[C@@]1(C)CC3. The van der Waals surface area contributed by atoms with Crippen LogP contribution in [0.5, 0.6) is 0 Å². The minimum atomic E-state index is -0.562. The predicted octanol–water partition coefficient (Wildman–Crippen LogP) is 7.25. The van der Waals surface area contributed by atoms with Gasteiger partial charge in [-0.1, -0.05) is 66.5 Å². The molecular formula is C36H56O7. The van der Waals surface area contributed by atoms with Crippen molar-refractivity contribution in [3.63, 3.8) is 0 Å². The van der Waals surface area contributed by atoms with Crippen LogP contribution in [0.1, 0.15) is 120 Å². The number of fused-ring (bicyclic) bond motifs is 4. The van der Waals surface area contributed by atoms with Gasteiger partial charge in [-0.2, -0.15) is 0 Å². The highest BCUT2D eigenvalue weighted by Crippen LogP contribution is 2.72. The van der Waals surface area contributed by atoms with Crippen LogP contribution in [0.15, 0.2) is 11.1 Å². The van der Waals surface area contributed by atoms with Crippen molar-refractivity contribution in [3.8, 4) is 0 Å². The molecule has 0 aromatic rings. The molecule has 0 amide bonds. The van der Waals surface area contributed by atoms with Gasteiger partial charge >= 0.3 is 17.9 Å². The van der Waals surface area contributed by atoms with Crippen LogP contribution in [-0.2, 0) is 33.4 Å². The lowest BCUT2D eigenvalue weighted by atomic mass is 9.43. The third kappa shape index (κ3) is 5.49. The Morgan fingerprint density at radius 1 is 0.791 bits per heavy atom. The van der Waals surface area contributed by atoms with E-state index in [4.69, 9.17) is 9.47 Å². The highest BCUT2D eigenvalue weighted by Gasteiger charge is 2.63. The number of methoxy groups -OCH3 is 2. The van der Waals surface area contributed by atoms with Gasteiger partial charge in [0.05, 0.1) is 20.1 Å². The van der Waals surface area contributed by atoms with Crippen LogP contribution in [0.4, 0.5) is 0 Å². The second-order valence-electron chi connectivity index (χ2n) is 15.7. The summed E-state index contributed by atoms with van der Waals surface area (Å²) in [6.07, 6.45) is 8.36. The van der Waals surface area contributed by atoms with Crippen LogP contribution in [0.25, 0.3) is 0 Å². The fourth-order valence-electron chi connectivity index (χ4n) is 10.5. The zero-order chi connectivity index (χ0) is 32.1. The van der Waals surface area contributed by atoms with Gasteiger partial charge in [0.1, 0.15) is 18.3 Å². The first kappa shape index (κ1) is 33.7. The summed E-state index contributed by atoms with van der Waals surface area (Å²) < 4.78 is 15.5. The second-order valence-corrected chi connectivity index (χ2v) is 15.7. The highest BCUT2D eigenvalue weighted by molar-refractivity contribution is 5.91. The lowest BCUT2D eigenvalue weighted by Gasteiger charge is -2.62. The molecule has 0 aliphatic heterocycles. The van der Waals surface area contributed by atoms with Gasteiger partial charge in [0.25, 0.3) is 0 Å². The number of allylic oxidation sites excluding steroid dienone is 2. The smallest absolute Gasteiger partial charge is 0.317 e. The maximum absolute atomic E-state index is 13.3. The Morgan fingerprint density at radius 3 is 2.09 bits per heavy atom. The fourth-order valence-corrected chi connectivity index (χ4v) is 10.5. The van der Waals surface area contributed by atoms with E-state index in [2.05, 4.69) is 46.3 Å². The van der Waals surface area contributed by atoms with Crippen LogP contribution in [0.3, 0.4) is 0 Å². The zero-order valence-corrected chi connectivity index (χ0v) is 28.4. The van der Waals surface area contributed by atoms with E-state index in [-0.39, 0.29) is 57.8 Å². The summed E-state index contributed by atoms with van der Waals surface area (Å²) in [6, 6.07) is 0. The summed E-state index contributed by atoms with van der Waals surface area (Å²) in [5.74, 6) is -0.870. The van der Waals surface area contributed by atoms with E-state index >= 15 is 0 Å². The molecule has 7 nitrogen and oxygen atoms in total. The molecule has 0 aromatic carbocycles. The van der Waals surface area contributed by atoms with Gasteiger partial charge in [-0.3, -0.25) is 19.2 Å². The third-order valence-electron chi connectivity index (χ3n) is 13.6. The van der Waals surface area contributed by atoms with E-state index in [0.29, 0.717) is 18.3 Å². The van der Waals surface area contributed by atoms with E-state index in [1.807, 2.05) is 6.92 Å². The molecule has 242 valence electrons. The molecule has 0 spiro atoms. The topological polar surface area (TPSA) is 96.0 Å². The van der Waals surface area contributed by atoms with Crippen LogP contribution in [0.2, 0.25) is 0 Å². The summed E-state index contributed by atoms with van der Waals surface area (Å²) in [5, 5.41) is 0. The van der Waals surface area contributed by atoms with Gasteiger partial charge in [-0.05, 0) is 85.4 Å². The quantitative estimate of drug-likeness (QED) is 0.119. The van der Waals surface area contributed by atoms with E-state index in [1.165, 1.54) is 14.2 Å². The van der Waals surface area contributed by atoms with Crippen molar-refractivity contribution >= 4 is 23.7 Å². The zero-order valence-electron chi connectivity index (χ0n) is 28.4. The molecule has 4 aliphatic carbocycles. The van der Waals surface area contributed by atoms with Crippen molar-refractivity contribution in [1.82, 2.24) is 0 Å². The molecule has 3 unspecified atom stereocenters. The Bertz CT molecular complexity index is 1170. The van der Waals surface area contributed by atoms with Gasteiger partial charge < -0.3 is 14.2 Å². The molecule has 0 N–H and O–H groups in total. The molecule has 0 heterocycles. The minimum absolute atomic E-state index is 0.0613. The number of ether oxygens (including phenoxy) is 3. The van der Waals surface area contributed by atoms with Crippen molar-refractivity contribution < 1.29 is 33.4 Å². The van der Waals surface area contributed by atoms with Gasteiger partial charge in [0.15, 0.2) is 0 Å². The summed E-state index contributed by atoms with van der Waals surface area (Å²) in [6.45, 7) is 17.9. The molecule has 0 saturated heterocycles. The summed E-state index contributed by atoms with van der Waals surface area (Å²) >= 11 is 0. The first-order chi connectivity index (χ1) is 20.0. The lowest BCUT2D eigenvalue weighted by Crippen LogP contribution is -2.56. The van der Waals surface area contributed by atoms with Crippen molar-refractivity contribution in [1.29, 1.82) is 0 Å². The summed E-state index contributed by atoms with van der Waals surface area (Å²) in [4.78, 5) is 49.6. The highest BCUT2D eigenvalue weighted by atomic mass is 16.6. The minimum Gasteiger partial charge on any atom is -0.469 e. The first-order valence-corrected chi connectivity index (χ1v) is 16.6. The van der Waals surface area contributed by atoms with Crippen molar-refractivity contribution in [2.45, 2.75) is 126 Å². The average Bonchev–Trinajstić information content (AvgIpc) is 3.24. The lowest BCUT2D eigenvalue weighted by molar-refractivity contribution is -0.172. The fraction of sp³-hybridized carbons (Fsp3) is 0.833. The van der Waals surface area contributed by atoms with Gasteiger partial charge in [-0.15, -0.1) is 0 Å². The van der Waals surface area contributed by atoms with Crippen molar-refractivity contribution in [2.75, 3.05) is 14.2 Å². The predicted molar refractivity (Wildman–Crippen MR) is 165 cm³/mol. The average molecular weight is 601 g/mol. The van der Waals surface area contributed by atoms with Gasteiger partial charge in [0.2, 0.25) is 0 Å². The number of ketones is 1. The number of hydrogen-bond donors (Lipinski definition) is 0. The number of Topliss-reactive ketones (excluding diaryl/α,β-unsaturated/α-hetero) is 1. The summed E-state index contributed by atoms with van der Waals surface area (Å²) in [5.41, 5.74) is 3.42. The third-order valence-corrected chi connectivity index (χ3v) is 13.6. The molecule has 7 heteroatoms. The van der Waals surface area contributed by atoms with Crippen LogP contribution in [-0.4, -0.2) is 44.0 Å². The monoisotopic (exact) mass is 600 g/mol. The van der Waals surface area contributed by atoms with Crippen LogP contribution >= 0.6 is 0 Å². The van der Waals surface area contributed by atoms with E-state index in [0.717, 1.165) is 51.4 Å². The maximum Gasteiger partial charge on any atom is 0.317 e. The Balaban J connectivity index is 1.54. The molecule has 0 aromatic heterocycles. The largest absolute Gasteiger partial charge is 0.469 e. The molecule has 2 saturated carbocycles. The Labute approximate surface area is 259 Å². The molecule has 0 bridgehead atoms. The van der Waals surface area contributed by atoms with E-state index in [9.17, 15) is 19.2 Å². The summed E-state index contributed by atoms with van der Waals surface area (Å²) in [7, 11) is 2.67. The Morgan fingerprint density at radius 2 is 1.47 bits per heavy atom. The maximum atomic E-state index is 13.3. The van der Waals surface area contributed by atoms with E-state index < -0.39 is 17.9 Å². The van der Waals surface area contributed by atoms with Crippen LogP contribution < -0.4 is 0 Å². The number of carbonyl (C=O) groups is 4. The number of carbonyl (C=O) groups excluding carboxylic acids is 4.